The second-order valence-corrected chi connectivity index (χ2v) is 5.89. The third-order valence-electron chi connectivity index (χ3n) is 3.62. The molecule has 0 radical (unpaired) electrons. The van der Waals surface area contributed by atoms with Crippen LogP contribution in [0.4, 0.5) is 14.0 Å². The molecular formula is C14H15FN2O9. The van der Waals surface area contributed by atoms with E-state index in [0.29, 0.717) is 0 Å². The van der Waals surface area contributed by atoms with Crippen molar-refractivity contribution in [2.45, 2.75) is 44.2 Å². The van der Waals surface area contributed by atoms with Crippen molar-refractivity contribution < 1.29 is 37.7 Å². The zero-order chi connectivity index (χ0) is 19.1. The number of aromatic nitrogens is 2. The number of rotatable bonds is 4. The van der Waals surface area contributed by atoms with Crippen LogP contribution in [0.1, 0.15) is 20.1 Å². The fourth-order valence-corrected chi connectivity index (χ4v) is 2.59. The van der Waals surface area contributed by atoms with Crippen LogP contribution in [0.25, 0.3) is 0 Å². The minimum atomic E-state index is -2.78. The van der Waals surface area contributed by atoms with Gasteiger partial charge in [0.05, 0.1) is 6.10 Å². The van der Waals surface area contributed by atoms with Gasteiger partial charge in [-0.25, -0.2) is 18.8 Å². The van der Waals surface area contributed by atoms with E-state index in [9.17, 15) is 19.2 Å². The van der Waals surface area contributed by atoms with Crippen molar-refractivity contribution in [3.63, 3.8) is 0 Å². The fourth-order valence-electron chi connectivity index (χ4n) is 2.59. The highest BCUT2D eigenvalue weighted by atomic mass is 19.2. The Kier molecular flexibility index (Phi) is 4.44. The standard InChI is InChI=1S/C14H15FN2O9/c1-6(2)23-12(20)22-5-14(15)9-8(24-13(21)25-9)10(26-14)17-4-3-7(18)16-11(17)19/h3-4,6,8-10H,5H2,1-2H3,(H,16,18,19)/t8-,9+,10-,14-/m1/s1. The van der Waals surface area contributed by atoms with Gasteiger partial charge in [-0.05, 0) is 13.8 Å². The molecule has 2 aliphatic rings. The van der Waals surface area contributed by atoms with Crippen molar-refractivity contribution in [1.29, 1.82) is 0 Å². The van der Waals surface area contributed by atoms with Gasteiger partial charge in [0, 0.05) is 12.3 Å². The van der Waals surface area contributed by atoms with Crippen molar-refractivity contribution in [3.8, 4) is 0 Å². The number of ether oxygens (including phenoxy) is 5. The average Bonchev–Trinajstić information content (AvgIpc) is 3.03. The molecule has 2 fully saturated rings. The first-order valence-electron chi connectivity index (χ1n) is 7.58. The summed E-state index contributed by atoms with van der Waals surface area (Å²) in [6.07, 6.45) is -6.12. The summed E-state index contributed by atoms with van der Waals surface area (Å²) in [6, 6.07) is 1.01. The van der Waals surface area contributed by atoms with E-state index in [1.165, 1.54) is 0 Å². The maximum absolute atomic E-state index is 15.2. The number of alkyl halides is 1. The number of carbonyl (C=O) groups excluding carboxylic acids is 2. The summed E-state index contributed by atoms with van der Waals surface area (Å²) in [5, 5.41) is 0. The van der Waals surface area contributed by atoms with Gasteiger partial charge in [-0.2, -0.15) is 0 Å². The van der Waals surface area contributed by atoms with Gasteiger partial charge < -0.3 is 23.7 Å². The minimum Gasteiger partial charge on any atom is -0.432 e. The molecule has 0 unspecified atom stereocenters. The molecule has 2 saturated heterocycles. The number of halogens is 1. The van der Waals surface area contributed by atoms with Crippen LogP contribution in [0.15, 0.2) is 21.9 Å². The lowest BCUT2D eigenvalue weighted by atomic mass is 10.1. The lowest BCUT2D eigenvalue weighted by molar-refractivity contribution is -0.213. The highest BCUT2D eigenvalue weighted by Crippen LogP contribution is 2.44. The minimum absolute atomic E-state index is 0.490. The van der Waals surface area contributed by atoms with E-state index < -0.39 is 60.6 Å². The van der Waals surface area contributed by atoms with E-state index in [4.69, 9.17) is 18.9 Å². The van der Waals surface area contributed by atoms with Gasteiger partial charge in [0.15, 0.2) is 18.9 Å². The van der Waals surface area contributed by atoms with E-state index in [0.717, 1.165) is 16.8 Å². The summed E-state index contributed by atoms with van der Waals surface area (Å²) in [5.74, 6) is -2.78. The first-order valence-corrected chi connectivity index (χ1v) is 7.58. The molecule has 0 aromatic carbocycles. The topological polar surface area (TPSA) is 135 Å². The second kappa shape index (κ2) is 6.44. The van der Waals surface area contributed by atoms with Crippen LogP contribution < -0.4 is 11.2 Å². The SMILES string of the molecule is CC(C)OC(=O)OC[C@@]1(F)O[C@@H](n2ccc(=O)[nH]c2=O)[C@@H]2OC(=O)O[C@@H]21. The Labute approximate surface area is 144 Å². The highest BCUT2D eigenvalue weighted by Gasteiger charge is 2.65. The van der Waals surface area contributed by atoms with Gasteiger partial charge >= 0.3 is 18.0 Å². The van der Waals surface area contributed by atoms with Crippen LogP contribution >= 0.6 is 0 Å². The maximum atomic E-state index is 15.2. The molecule has 1 aromatic heterocycles. The number of carbonyl (C=O) groups is 2. The van der Waals surface area contributed by atoms with Crippen molar-refractivity contribution in [2.24, 2.45) is 0 Å². The molecule has 4 atom stereocenters. The predicted octanol–water partition coefficient (Wildman–Crippen LogP) is 0.197. The molecule has 3 heterocycles. The van der Waals surface area contributed by atoms with Crippen LogP contribution in [0.2, 0.25) is 0 Å². The van der Waals surface area contributed by atoms with Crippen molar-refractivity contribution >= 4 is 12.3 Å². The van der Waals surface area contributed by atoms with Gasteiger partial charge in [0.2, 0.25) is 6.10 Å². The number of nitrogens with one attached hydrogen (secondary N) is 1. The third kappa shape index (κ3) is 3.27. The average molecular weight is 374 g/mol. The molecule has 26 heavy (non-hydrogen) atoms. The quantitative estimate of drug-likeness (QED) is 0.733. The smallest absolute Gasteiger partial charge is 0.432 e. The Hall–Kier alpha value is -2.89. The van der Waals surface area contributed by atoms with Gasteiger partial charge in [0.25, 0.3) is 11.4 Å². The highest BCUT2D eigenvalue weighted by molar-refractivity contribution is 5.63. The largest absolute Gasteiger partial charge is 0.509 e. The molecule has 1 N–H and O–H groups in total. The van der Waals surface area contributed by atoms with Crippen LogP contribution in [-0.4, -0.2) is 52.6 Å². The molecule has 2 aliphatic heterocycles. The molecule has 11 nitrogen and oxygen atoms in total. The monoisotopic (exact) mass is 374 g/mol. The van der Waals surface area contributed by atoms with E-state index in [1.54, 1.807) is 13.8 Å². The number of aromatic amines is 1. The Morgan fingerprint density at radius 3 is 2.77 bits per heavy atom. The summed E-state index contributed by atoms with van der Waals surface area (Å²) >= 11 is 0. The fraction of sp³-hybridized carbons (Fsp3) is 0.571. The molecule has 0 amide bonds. The number of hydrogen-bond donors (Lipinski definition) is 1. The van der Waals surface area contributed by atoms with E-state index in [1.807, 2.05) is 4.98 Å². The zero-order valence-corrected chi connectivity index (χ0v) is 13.7. The van der Waals surface area contributed by atoms with Crippen molar-refractivity contribution in [3.05, 3.63) is 33.1 Å². The first-order chi connectivity index (χ1) is 12.2. The van der Waals surface area contributed by atoms with E-state index in [2.05, 4.69) is 4.74 Å². The number of hydrogen-bond acceptors (Lipinski definition) is 9. The molecule has 142 valence electrons. The molecule has 0 aliphatic carbocycles. The van der Waals surface area contributed by atoms with Crippen LogP contribution in [0, 0.1) is 0 Å². The number of nitrogens with zero attached hydrogens (tertiary/aromatic N) is 1. The van der Waals surface area contributed by atoms with Gasteiger partial charge in [-0.1, -0.05) is 0 Å². The van der Waals surface area contributed by atoms with E-state index >= 15 is 4.39 Å². The molecular weight excluding hydrogens is 359 g/mol. The number of H-pyrrole nitrogens is 1. The van der Waals surface area contributed by atoms with Crippen molar-refractivity contribution in [1.82, 2.24) is 9.55 Å². The predicted molar refractivity (Wildman–Crippen MR) is 78.0 cm³/mol. The maximum Gasteiger partial charge on any atom is 0.509 e. The zero-order valence-electron chi connectivity index (χ0n) is 13.7. The van der Waals surface area contributed by atoms with Crippen LogP contribution in [-0.2, 0) is 23.7 Å². The Morgan fingerprint density at radius 2 is 2.12 bits per heavy atom. The van der Waals surface area contributed by atoms with E-state index in [-0.39, 0.29) is 0 Å². The molecule has 0 spiro atoms. The summed E-state index contributed by atoms with van der Waals surface area (Å²) < 4.78 is 40.2. The molecule has 0 bridgehead atoms. The summed E-state index contributed by atoms with van der Waals surface area (Å²) in [4.78, 5) is 47.9. The Bertz CT molecular complexity index is 834. The van der Waals surface area contributed by atoms with Crippen molar-refractivity contribution in [2.75, 3.05) is 6.61 Å². The normalized spacial score (nSPS) is 29.8. The molecule has 12 heteroatoms. The first kappa shape index (κ1) is 17.9. The Balaban J connectivity index is 1.84. The lowest BCUT2D eigenvalue weighted by Gasteiger charge is -2.23. The summed E-state index contributed by atoms with van der Waals surface area (Å²) in [6.45, 7) is 2.17. The Morgan fingerprint density at radius 1 is 1.38 bits per heavy atom. The van der Waals surface area contributed by atoms with Gasteiger partial charge in [-0.15, -0.1) is 0 Å². The number of fused-ring (bicyclic) bond motifs is 1. The summed E-state index contributed by atoms with van der Waals surface area (Å²) in [5.41, 5.74) is -1.58. The van der Waals surface area contributed by atoms with Gasteiger partial charge in [-0.3, -0.25) is 14.3 Å². The summed E-state index contributed by atoms with van der Waals surface area (Å²) in [7, 11) is 0. The third-order valence-corrected chi connectivity index (χ3v) is 3.62. The molecule has 0 saturated carbocycles. The van der Waals surface area contributed by atoms with Crippen LogP contribution in [0.3, 0.4) is 0 Å². The second-order valence-electron chi connectivity index (χ2n) is 5.89. The van der Waals surface area contributed by atoms with Crippen LogP contribution in [0.5, 0.6) is 0 Å². The molecule has 1 aromatic rings. The molecule has 3 rings (SSSR count). The van der Waals surface area contributed by atoms with Gasteiger partial charge in [0.1, 0.15) is 0 Å². The lowest BCUT2D eigenvalue weighted by Crippen LogP contribution is -2.43.